The van der Waals surface area contributed by atoms with Crippen molar-refractivity contribution >= 4 is 28.3 Å². The molecule has 0 bridgehead atoms. The summed E-state index contributed by atoms with van der Waals surface area (Å²) in [5, 5.41) is 3.40. The third-order valence-corrected chi connectivity index (χ3v) is 6.76. The van der Waals surface area contributed by atoms with Crippen LogP contribution < -0.4 is 5.32 Å². The van der Waals surface area contributed by atoms with Crippen LogP contribution in [0.1, 0.15) is 25.7 Å². The van der Waals surface area contributed by atoms with Crippen molar-refractivity contribution in [2.45, 2.75) is 25.7 Å². The number of nitrogens with one attached hydrogen (secondary N) is 1. The van der Waals surface area contributed by atoms with Gasteiger partial charge in [0.05, 0.1) is 11.7 Å². The number of sulfonamides is 1. The third-order valence-electron chi connectivity index (χ3n) is 5.46. The molecular weight excluding hydrogens is 326 g/mol. The zero-order valence-electron chi connectivity index (χ0n) is 13.1. The van der Waals surface area contributed by atoms with Gasteiger partial charge in [-0.3, -0.25) is 4.79 Å². The summed E-state index contributed by atoms with van der Waals surface area (Å²) < 4.78 is 24.6. The Morgan fingerprint density at radius 3 is 2.50 bits per heavy atom. The van der Waals surface area contributed by atoms with Crippen LogP contribution in [-0.2, 0) is 14.8 Å². The van der Waals surface area contributed by atoms with Crippen LogP contribution in [0.25, 0.3) is 0 Å². The highest BCUT2D eigenvalue weighted by Gasteiger charge is 2.51. The van der Waals surface area contributed by atoms with Crippen LogP contribution in [0.3, 0.4) is 0 Å². The highest BCUT2D eigenvalue weighted by molar-refractivity contribution is 7.88. The summed E-state index contributed by atoms with van der Waals surface area (Å²) in [6.07, 6.45) is 5.72. The molecule has 1 N–H and O–H groups in total. The Morgan fingerprint density at radius 2 is 1.86 bits per heavy atom. The molecule has 2 atom stereocenters. The highest BCUT2D eigenvalue weighted by atomic mass is 35.5. The van der Waals surface area contributed by atoms with Crippen molar-refractivity contribution in [2.24, 2.45) is 11.3 Å². The lowest BCUT2D eigenvalue weighted by Gasteiger charge is -2.43. The molecule has 3 aliphatic rings. The van der Waals surface area contributed by atoms with Gasteiger partial charge in [-0.15, -0.1) is 12.4 Å². The van der Waals surface area contributed by atoms with Gasteiger partial charge < -0.3 is 10.2 Å². The first kappa shape index (κ1) is 18.0. The van der Waals surface area contributed by atoms with Crippen LogP contribution in [0.5, 0.6) is 0 Å². The number of nitrogens with zero attached hydrogens (tertiary/aromatic N) is 2. The molecule has 0 aromatic rings. The maximum Gasteiger partial charge on any atom is 0.230 e. The van der Waals surface area contributed by atoms with E-state index in [9.17, 15) is 13.2 Å². The molecule has 1 saturated carbocycles. The number of carbonyl (C=O) groups excluding carboxylic acids is 1. The van der Waals surface area contributed by atoms with Gasteiger partial charge in [-0.2, -0.15) is 4.31 Å². The van der Waals surface area contributed by atoms with Gasteiger partial charge in [0.2, 0.25) is 15.9 Å². The normalized spacial score (nSPS) is 33.1. The molecule has 3 rings (SSSR count). The van der Waals surface area contributed by atoms with Gasteiger partial charge in [-0.1, -0.05) is 12.8 Å². The SMILES string of the molecule is CS(=O)(=O)N1CCN(C(=O)[C@@]23CCCC[C@H]2CNC3)CC1.Cl. The van der Waals surface area contributed by atoms with Crippen LogP contribution in [0.4, 0.5) is 0 Å². The minimum absolute atomic E-state index is 0. The van der Waals surface area contributed by atoms with Crippen LogP contribution in [0.2, 0.25) is 0 Å². The molecule has 0 radical (unpaired) electrons. The van der Waals surface area contributed by atoms with Crippen molar-refractivity contribution in [2.75, 3.05) is 45.5 Å². The predicted molar refractivity (Wildman–Crippen MR) is 87.5 cm³/mol. The maximum atomic E-state index is 13.0. The number of amides is 1. The lowest BCUT2D eigenvalue weighted by Crippen LogP contribution is -2.56. The van der Waals surface area contributed by atoms with Crippen molar-refractivity contribution in [3.05, 3.63) is 0 Å². The second-order valence-electron chi connectivity index (χ2n) is 6.68. The topological polar surface area (TPSA) is 69.7 Å². The Kier molecular flexibility index (Phi) is 5.42. The molecule has 128 valence electrons. The fourth-order valence-electron chi connectivity index (χ4n) is 4.21. The van der Waals surface area contributed by atoms with Crippen molar-refractivity contribution in [3.8, 4) is 0 Å². The molecule has 2 aliphatic heterocycles. The van der Waals surface area contributed by atoms with E-state index >= 15 is 0 Å². The molecule has 0 aromatic carbocycles. The molecule has 0 unspecified atom stereocenters. The van der Waals surface area contributed by atoms with E-state index in [0.29, 0.717) is 32.1 Å². The number of hydrogen-bond acceptors (Lipinski definition) is 4. The summed E-state index contributed by atoms with van der Waals surface area (Å²) >= 11 is 0. The lowest BCUT2D eigenvalue weighted by atomic mass is 9.67. The molecule has 1 amide bonds. The lowest BCUT2D eigenvalue weighted by molar-refractivity contribution is -0.146. The number of halogens is 1. The summed E-state index contributed by atoms with van der Waals surface area (Å²) in [5.41, 5.74) is -0.217. The summed E-state index contributed by atoms with van der Waals surface area (Å²) in [5.74, 6) is 0.719. The van der Waals surface area contributed by atoms with E-state index in [1.807, 2.05) is 4.90 Å². The van der Waals surface area contributed by atoms with Crippen LogP contribution in [-0.4, -0.2) is 69.1 Å². The average molecular weight is 352 g/mol. The molecule has 2 saturated heterocycles. The van der Waals surface area contributed by atoms with Gasteiger partial charge in [-0.25, -0.2) is 8.42 Å². The molecule has 0 aromatic heterocycles. The monoisotopic (exact) mass is 351 g/mol. The summed E-state index contributed by atoms with van der Waals surface area (Å²) in [6.45, 7) is 3.66. The first-order valence-electron chi connectivity index (χ1n) is 7.89. The third kappa shape index (κ3) is 3.13. The molecule has 8 heteroatoms. The zero-order chi connectivity index (χ0) is 15.1. The van der Waals surface area contributed by atoms with Gasteiger partial charge in [0, 0.05) is 32.7 Å². The van der Waals surface area contributed by atoms with Crippen molar-refractivity contribution < 1.29 is 13.2 Å². The van der Waals surface area contributed by atoms with Crippen LogP contribution in [0.15, 0.2) is 0 Å². The summed E-state index contributed by atoms with van der Waals surface area (Å²) in [6, 6.07) is 0. The largest absolute Gasteiger partial charge is 0.340 e. The second-order valence-corrected chi connectivity index (χ2v) is 8.67. The first-order valence-corrected chi connectivity index (χ1v) is 9.73. The Labute approximate surface area is 139 Å². The standard InChI is InChI=1S/C14H25N3O3S.ClH/c1-21(19,20)17-8-6-16(7-9-17)13(18)14-5-3-2-4-12(14)10-15-11-14;/h12,15H,2-11H2,1H3;1H/t12-,14+;/m0./s1. The maximum absolute atomic E-state index is 13.0. The Bertz CT molecular complexity index is 519. The van der Waals surface area contributed by atoms with Gasteiger partial charge >= 0.3 is 0 Å². The van der Waals surface area contributed by atoms with E-state index in [4.69, 9.17) is 0 Å². The van der Waals surface area contributed by atoms with E-state index in [0.717, 1.165) is 32.4 Å². The Hall–Kier alpha value is -0.370. The highest BCUT2D eigenvalue weighted by Crippen LogP contribution is 2.45. The van der Waals surface area contributed by atoms with E-state index in [2.05, 4.69) is 5.32 Å². The molecule has 2 heterocycles. The predicted octanol–water partition coefficient (Wildman–Crippen LogP) is 0.292. The van der Waals surface area contributed by atoms with Crippen molar-refractivity contribution in [1.82, 2.24) is 14.5 Å². The van der Waals surface area contributed by atoms with Gasteiger partial charge in [0.15, 0.2) is 0 Å². The Morgan fingerprint density at radius 1 is 1.18 bits per heavy atom. The number of fused-ring (bicyclic) bond motifs is 1. The second kappa shape index (κ2) is 6.63. The van der Waals surface area contributed by atoms with Gasteiger partial charge in [-0.05, 0) is 25.3 Å². The smallest absolute Gasteiger partial charge is 0.230 e. The fourth-order valence-corrected chi connectivity index (χ4v) is 5.03. The van der Waals surface area contributed by atoms with Crippen LogP contribution >= 0.6 is 12.4 Å². The molecule has 22 heavy (non-hydrogen) atoms. The van der Waals surface area contributed by atoms with Crippen LogP contribution in [0, 0.1) is 11.3 Å². The molecular formula is C14H26ClN3O3S. The van der Waals surface area contributed by atoms with E-state index < -0.39 is 10.0 Å². The quantitative estimate of drug-likeness (QED) is 0.776. The number of piperazine rings is 1. The average Bonchev–Trinajstić information content (AvgIpc) is 2.90. The summed E-state index contributed by atoms with van der Waals surface area (Å²) in [4.78, 5) is 14.9. The van der Waals surface area contributed by atoms with Gasteiger partial charge in [0.25, 0.3) is 0 Å². The minimum atomic E-state index is -3.14. The number of rotatable bonds is 2. The molecule has 1 aliphatic carbocycles. The van der Waals surface area contributed by atoms with Gasteiger partial charge in [0.1, 0.15) is 0 Å². The minimum Gasteiger partial charge on any atom is -0.340 e. The van der Waals surface area contributed by atoms with E-state index in [-0.39, 0.29) is 23.7 Å². The Balaban J connectivity index is 0.00000176. The number of carbonyl (C=O) groups is 1. The molecule has 0 spiro atoms. The fraction of sp³-hybridized carbons (Fsp3) is 0.929. The zero-order valence-corrected chi connectivity index (χ0v) is 14.7. The molecule has 3 fully saturated rings. The van der Waals surface area contributed by atoms with E-state index in [1.54, 1.807) is 0 Å². The van der Waals surface area contributed by atoms with E-state index in [1.165, 1.54) is 17.0 Å². The number of hydrogen-bond donors (Lipinski definition) is 1. The van der Waals surface area contributed by atoms with Crippen molar-refractivity contribution in [1.29, 1.82) is 0 Å². The first-order chi connectivity index (χ1) is 9.93. The summed E-state index contributed by atoms with van der Waals surface area (Å²) in [7, 11) is -3.14. The molecule has 6 nitrogen and oxygen atoms in total. The van der Waals surface area contributed by atoms with Crippen molar-refractivity contribution in [3.63, 3.8) is 0 Å².